The van der Waals surface area contributed by atoms with Crippen molar-refractivity contribution in [3.63, 3.8) is 0 Å². The molecular weight excluding hydrogens is 344 g/mol. The highest BCUT2D eigenvalue weighted by atomic mass is 16.5. The third kappa shape index (κ3) is 6.66. The number of nitrogens with zero attached hydrogens (tertiary/aromatic N) is 2. The highest BCUT2D eigenvalue weighted by Gasteiger charge is 2.01. The lowest BCUT2D eigenvalue weighted by Gasteiger charge is -2.08. The van der Waals surface area contributed by atoms with E-state index in [1.165, 1.54) is 0 Å². The van der Waals surface area contributed by atoms with Crippen molar-refractivity contribution in [3.8, 4) is 11.5 Å². The van der Waals surface area contributed by atoms with Crippen molar-refractivity contribution in [3.05, 3.63) is 59.7 Å². The van der Waals surface area contributed by atoms with Gasteiger partial charge in [0.25, 0.3) is 0 Å². The summed E-state index contributed by atoms with van der Waals surface area (Å²) in [5, 5.41) is 23.9. The van der Waals surface area contributed by atoms with Crippen LogP contribution in [0.1, 0.15) is 44.2 Å². The molecule has 0 unspecified atom stereocenters. The molecule has 0 aromatic heterocycles. The van der Waals surface area contributed by atoms with Crippen molar-refractivity contribution in [2.75, 3.05) is 13.2 Å². The zero-order valence-corrected chi connectivity index (χ0v) is 15.8. The fraction of sp³-hybridized carbons (Fsp3) is 0.333. The molecule has 0 aliphatic carbocycles. The van der Waals surface area contributed by atoms with E-state index in [2.05, 4.69) is 10.3 Å². The maximum Gasteiger partial charge on any atom is 0.119 e. The van der Waals surface area contributed by atoms with Crippen LogP contribution in [-0.4, -0.2) is 35.1 Å². The molecule has 2 aromatic carbocycles. The van der Waals surface area contributed by atoms with Gasteiger partial charge in [0.2, 0.25) is 0 Å². The van der Waals surface area contributed by atoms with Crippen molar-refractivity contribution in [1.29, 1.82) is 0 Å². The first-order chi connectivity index (χ1) is 13.1. The normalized spacial score (nSPS) is 12.1. The van der Waals surface area contributed by atoms with E-state index in [1.54, 1.807) is 13.8 Å². The predicted octanol–water partition coefficient (Wildman–Crippen LogP) is 4.71. The number of benzene rings is 2. The van der Waals surface area contributed by atoms with Gasteiger partial charge in [-0.2, -0.15) is 0 Å². The largest absolute Gasteiger partial charge is 0.494 e. The fourth-order valence-electron chi connectivity index (χ4n) is 2.46. The molecule has 144 valence electrons. The molecule has 6 nitrogen and oxygen atoms in total. The van der Waals surface area contributed by atoms with Crippen molar-refractivity contribution in [1.82, 2.24) is 0 Å². The SMILES string of the molecule is C/C(=N/O)c1ccc(OCCCCCOc2ccc(/C(C)=N/O)cc2)cc1. The lowest BCUT2D eigenvalue weighted by Crippen LogP contribution is -2.02. The van der Waals surface area contributed by atoms with E-state index >= 15 is 0 Å². The van der Waals surface area contributed by atoms with Crippen LogP contribution < -0.4 is 9.47 Å². The summed E-state index contributed by atoms with van der Waals surface area (Å²) in [6.07, 6.45) is 2.92. The average Bonchev–Trinajstić information content (AvgIpc) is 2.72. The van der Waals surface area contributed by atoms with Crippen LogP contribution in [0.25, 0.3) is 0 Å². The van der Waals surface area contributed by atoms with Crippen molar-refractivity contribution in [2.45, 2.75) is 33.1 Å². The molecule has 0 amide bonds. The van der Waals surface area contributed by atoms with Gasteiger partial charge in [-0.1, -0.05) is 10.3 Å². The molecule has 0 saturated carbocycles. The third-order valence-electron chi connectivity index (χ3n) is 4.17. The lowest BCUT2D eigenvalue weighted by atomic mass is 10.1. The van der Waals surface area contributed by atoms with Gasteiger partial charge in [0.15, 0.2) is 0 Å². The summed E-state index contributed by atoms with van der Waals surface area (Å²) in [6.45, 7) is 4.80. The van der Waals surface area contributed by atoms with Crippen LogP contribution in [0.5, 0.6) is 11.5 Å². The van der Waals surface area contributed by atoms with Gasteiger partial charge in [0.05, 0.1) is 24.6 Å². The maximum absolute atomic E-state index is 8.75. The number of unbranched alkanes of at least 4 members (excludes halogenated alkanes) is 2. The molecule has 0 aliphatic heterocycles. The first kappa shape index (κ1) is 20.3. The molecule has 2 N–H and O–H groups in total. The molecule has 0 aliphatic rings. The third-order valence-corrected chi connectivity index (χ3v) is 4.17. The topological polar surface area (TPSA) is 83.6 Å². The summed E-state index contributed by atoms with van der Waals surface area (Å²) >= 11 is 0. The van der Waals surface area contributed by atoms with Crippen LogP contribution in [0.2, 0.25) is 0 Å². The Kier molecular flexibility index (Phi) is 8.16. The fourth-order valence-corrected chi connectivity index (χ4v) is 2.46. The number of hydrogen-bond acceptors (Lipinski definition) is 6. The summed E-state index contributed by atoms with van der Waals surface area (Å²) in [5.74, 6) is 1.62. The van der Waals surface area contributed by atoms with E-state index in [0.717, 1.165) is 41.9 Å². The van der Waals surface area contributed by atoms with Gasteiger partial charge >= 0.3 is 0 Å². The summed E-state index contributed by atoms with van der Waals surface area (Å²) in [7, 11) is 0. The Balaban J connectivity index is 1.59. The van der Waals surface area contributed by atoms with Gasteiger partial charge in [0, 0.05) is 0 Å². The summed E-state index contributed by atoms with van der Waals surface area (Å²) < 4.78 is 11.4. The molecule has 0 saturated heterocycles. The lowest BCUT2D eigenvalue weighted by molar-refractivity contribution is 0.279. The van der Waals surface area contributed by atoms with Gasteiger partial charge in [0.1, 0.15) is 11.5 Å². The molecular formula is C21H26N2O4. The van der Waals surface area contributed by atoms with Crippen LogP contribution >= 0.6 is 0 Å². The Bertz CT molecular complexity index is 687. The Morgan fingerprint density at radius 2 is 1.04 bits per heavy atom. The molecule has 0 bridgehead atoms. The second kappa shape index (κ2) is 10.9. The zero-order chi connectivity index (χ0) is 19.5. The van der Waals surface area contributed by atoms with Gasteiger partial charge in [-0.15, -0.1) is 0 Å². The number of oxime groups is 2. The molecule has 0 atom stereocenters. The summed E-state index contributed by atoms with van der Waals surface area (Å²) in [5.41, 5.74) is 2.89. The zero-order valence-electron chi connectivity index (χ0n) is 15.8. The van der Waals surface area contributed by atoms with Gasteiger partial charge in [-0.05, 0) is 92.8 Å². The smallest absolute Gasteiger partial charge is 0.119 e. The van der Waals surface area contributed by atoms with E-state index in [9.17, 15) is 0 Å². The molecule has 2 aromatic rings. The van der Waals surface area contributed by atoms with Crippen LogP contribution in [0.3, 0.4) is 0 Å². The van der Waals surface area contributed by atoms with Crippen molar-refractivity contribution in [2.24, 2.45) is 10.3 Å². The second-order valence-electron chi connectivity index (χ2n) is 6.18. The molecule has 6 heteroatoms. The molecule has 0 spiro atoms. The first-order valence-electron chi connectivity index (χ1n) is 8.98. The van der Waals surface area contributed by atoms with Crippen LogP contribution in [0.4, 0.5) is 0 Å². The van der Waals surface area contributed by atoms with Crippen LogP contribution in [0.15, 0.2) is 58.8 Å². The summed E-state index contributed by atoms with van der Waals surface area (Å²) in [6, 6.07) is 15.0. The van der Waals surface area contributed by atoms with Gasteiger partial charge < -0.3 is 19.9 Å². The molecule has 2 rings (SSSR count). The van der Waals surface area contributed by atoms with Gasteiger partial charge in [-0.3, -0.25) is 0 Å². The molecule has 0 heterocycles. The van der Waals surface area contributed by atoms with Gasteiger partial charge in [-0.25, -0.2) is 0 Å². The minimum absolute atomic E-state index is 0.577. The minimum atomic E-state index is 0.577. The Morgan fingerprint density at radius 1 is 0.667 bits per heavy atom. The number of hydrogen-bond donors (Lipinski definition) is 2. The van der Waals surface area contributed by atoms with E-state index in [4.69, 9.17) is 19.9 Å². The average molecular weight is 370 g/mol. The highest BCUT2D eigenvalue weighted by molar-refractivity contribution is 5.98. The quantitative estimate of drug-likeness (QED) is 0.274. The summed E-state index contributed by atoms with van der Waals surface area (Å²) in [4.78, 5) is 0. The monoisotopic (exact) mass is 370 g/mol. The Morgan fingerprint density at radius 3 is 1.37 bits per heavy atom. The minimum Gasteiger partial charge on any atom is -0.494 e. The molecule has 0 fully saturated rings. The number of rotatable bonds is 10. The molecule has 27 heavy (non-hydrogen) atoms. The van der Waals surface area contributed by atoms with Crippen molar-refractivity contribution >= 4 is 11.4 Å². The van der Waals surface area contributed by atoms with E-state index < -0.39 is 0 Å². The standard InChI is InChI=1S/C21H26N2O4/c1-16(22-24)18-6-10-20(11-7-18)26-14-4-3-5-15-27-21-12-8-19(9-13-21)17(2)23-25/h6-13,24-25H,3-5,14-15H2,1-2H3/b22-16-,23-17+. The highest BCUT2D eigenvalue weighted by Crippen LogP contribution is 2.15. The first-order valence-corrected chi connectivity index (χ1v) is 8.98. The van der Waals surface area contributed by atoms with Crippen LogP contribution in [0, 0.1) is 0 Å². The Hall–Kier alpha value is -3.02. The van der Waals surface area contributed by atoms with Crippen LogP contribution in [-0.2, 0) is 0 Å². The van der Waals surface area contributed by atoms with Crippen molar-refractivity contribution < 1.29 is 19.9 Å². The predicted molar refractivity (Wildman–Crippen MR) is 106 cm³/mol. The Labute approximate surface area is 159 Å². The second-order valence-corrected chi connectivity index (χ2v) is 6.18. The van der Waals surface area contributed by atoms with E-state index in [-0.39, 0.29) is 0 Å². The number of ether oxygens (including phenoxy) is 2. The van der Waals surface area contributed by atoms with E-state index in [1.807, 2.05) is 48.5 Å². The van der Waals surface area contributed by atoms with E-state index in [0.29, 0.717) is 24.6 Å². The maximum atomic E-state index is 8.75. The molecule has 0 radical (unpaired) electrons.